The van der Waals surface area contributed by atoms with Gasteiger partial charge in [0.1, 0.15) is 5.75 Å². The highest BCUT2D eigenvalue weighted by molar-refractivity contribution is 7.25. The van der Waals surface area contributed by atoms with Gasteiger partial charge in [-0.05, 0) is 48.0 Å². The van der Waals surface area contributed by atoms with Gasteiger partial charge in [0.25, 0.3) is 0 Å². The highest BCUT2D eigenvalue weighted by Gasteiger charge is 2.18. The Morgan fingerprint density at radius 2 is 1.28 bits per heavy atom. The number of nitrogens with zero attached hydrogens (tertiary/aromatic N) is 1. The van der Waals surface area contributed by atoms with Gasteiger partial charge in [0.2, 0.25) is 0 Å². The van der Waals surface area contributed by atoms with Crippen LogP contribution in [-0.4, -0.2) is 6.61 Å². The Bertz CT molecular complexity index is 1130. The van der Waals surface area contributed by atoms with Crippen molar-refractivity contribution in [2.75, 3.05) is 11.5 Å². The average Bonchev–Trinajstić information content (AvgIpc) is 3.37. The van der Waals surface area contributed by atoms with Crippen LogP contribution in [0.15, 0.2) is 84.9 Å². The molecule has 5 rings (SSSR count). The first-order valence-corrected chi connectivity index (χ1v) is 11.4. The maximum Gasteiger partial charge on any atom is 0.124 e. The van der Waals surface area contributed by atoms with Crippen LogP contribution in [0.25, 0.3) is 20.2 Å². The molecule has 0 atom stereocenters. The van der Waals surface area contributed by atoms with E-state index in [1.807, 2.05) is 35.7 Å². The van der Waals surface area contributed by atoms with E-state index in [1.165, 1.54) is 35.7 Å². The minimum atomic E-state index is 0.669. The third kappa shape index (κ3) is 3.61. The standard InChI is InChI=1S/C25H21NOS2/c1-2-27-21-12-6-3-11-20(21)17-26(24-15-18-9-4-7-13-22(18)28-24)25-16-19-10-5-8-14-23(19)29-25/h3-16H,2,17H2,1H3. The van der Waals surface area contributed by atoms with E-state index >= 15 is 0 Å². The van der Waals surface area contributed by atoms with Crippen LogP contribution in [0.2, 0.25) is 0 Å². The van der Waals surface area contributed by atoms with Crippen molar-refractivity contribution in [3.8, 4) is 5.75 Å². The summed E-state index contributed by atoms with van der Waals surface area (Å²) in [6, 6.07) is 30.1. The summed E-state index contributed by atoms with van der Waals surface area (Å²) < 4.78 is 8.53. The summed E-state index contributed by atoms with van der Waals surface area (Å²) in [5.41, 5.74) is 1.20. The molecule has 4 heteroatoms. The van der Waals surface area contributed by atoms with Gasteiger partial charge in [-0.15, -0.1) is 22.7 Å². The molecule has 2 nitrogen and oxygen atoms in total. The molecule has 0 spiro atoms. The van der Waals surface area contributed by atoms with Crippen LogP contribution in [-0.2, 0) is 6.54 Å². The number of fused-ring (bicyclic) bond motifs is 2. The van der Waals surface area contributed by atoms with E-state index in [1.54, 1.807) is 0 Å². The molecule has 0 unspecified atom stereocenters. The molecular weight excluding hydrogens is 394 g/mol. The van der Waals surface area contributed by atoms with Gasteiger partial charge in [-0.2, -0.15) is 0 Å². The summed E-state index contributed by atoms with van der Waals surface area (Å²) >= 11 is 3.68. The second kappa shape index (κ2) is 7.90. The van der Waals surface area contributed by atoms with Gasteiger partial charge in [-0.3, -0.25) is 0 Å². The summed E-state index contributed by atoms with van der Waals surface area (Å²) in [7, 11) is 0. The lowest BCUT2D eigenvalue weighted by Gasteiger charge is -2.22. The first-order chi connectivity index (χ1) is 14.3. The molecule has 0 aliphatic heterocycles. The maximum atomic E-state index is 5.91. The molecule has 0 bridgehead atoms. The van der Waals surface area contributed by atoms with Gasteiger partial charge in [0, 0.05) is 15.0 Å². The molecule has 0 N–H and O–H groups in total. The number of benzene rings is 3. The predicted molar refractivity (Wildman–Crippen MR) is 127 cm³/mol. The van der Waals surface area contributed by atoms with Gasteiger partial charge in [-0.25, -0.2) is 0 Å². The smallest absolute Gasteiger partial charge is 0.124 e. The quantitative estimate of drug-likeness (QED) is 0.280. The van der Waals surface area contributed by atoms with Crippen molar-refractivity contribution in [3.63, 3.8) is 0 Å². The van der Waals surface area contributed by atoms with Crippen molar-refractivity contribution >= 4 is 52.8 Å². The number of rotatable bonds is 6. The Kier molecular flexibility index (Phi) is 4.96. The van der Waals surface area contributed by atoms with E-state index in [4.69, 9.17) is 4.74 Å². The number of hydrogen-bond acceptors (Lipinski definition) is 4. The van der Waals surface area contributed by atoms with E-state index in [0.29, 0.717) is 6.61 Å². The Morgan fingerprint density at radius 3 is 1.86 bits per heavy atom. The monoisotopic (exact) mass is 415 g/mol. The Morgan fingerprint density at radius 1 is 0.724 bits per heavy atom. The van der Waals surface area contributed by atoms with E-state index < -0.39 is 0 Å². The van der Waals surface area contributed by atoms with Crippen LogP contribution in [0, 0.1) is 0 Å². The van der Waals surface area contributed by atoms with E-state index in [-0.39, 0.29) is 0 Å². The summed E-state index contributed by atoms with van der Waals surface area (Å²) in [5.74, 6) is 0.960. The normalized spacial score (nSPS) is 11.2. The predicted octanol–water partition coefficient (Wildman–Crippen LogP) is 7.85. The molecule has 0 saturated carbocycles. The zero-order chi connectivity index (χ0) is 19.6. The van der Waals surface area contributed by atoms with E-state index in [0.717, 1.165) is 12.3 Å². The summed E-state index contributed by atoms with van der Waals surface area (Å²) in [6.07, 6.45) is 0. The zero-order valence-corrected chi connectivity index (χ0v) is 17.8. The summed E-state index contributed by atoms with van der Waals surface area (Å²) in [5, 5.41) is 5.08. The van der Waals surface area contributed by atoms with E-state index in [9.17, 15) is 0 Å². The number of thiophene rings is 2. The van der Waals surface area contributed by atoms with Crippen LogP contribution in [0.1, 0.15) is 12.5 Å². The summed E-state index contributed by atoms with van der Waals surface area (Å²) in [4.78, 5) is 2.42. The molecule has 0 amide bonds. The lowest BCUT2D eigenvalue weighted by molar-refractivity contribution is 0.336. The fraction of sp³-hybridized carbons (Fsp3) is 0.120. The first kappa shape index (κ1) is 18.2. The highest BCUT2D eigenvalue weighted by Crippen LogP contribution is 2.42. The molecule has 29 heavy (non-hydrogen) atoms. The molecule has 144 valence electrons. The van der Waals surface area contributed by atoms with Crippen molar-refractivity contribution in [2.45, 2.75) is 13.5 Å². The van der Waals surface area contributed by atoms with Crippen molar-refractivity contribution < 1.29 is 4.74 Å². The molecule has 2 aromatic heterocycles. The van der Waals surface area contributed by atoms with Crippen molar-refractivity contribution in [3.05, 3.63) is 90.5 Å². The Labute approximate surface area is 178 Å². The number of ether oxygens (including phenoxy) is 1. The second-order valence-corrected chi connectivity index (χ2v) is 9.00. The highest BCUT2D eigenvalue weighted by atomic mass is 32.1. The van der Waals surface area contributed by atoms with Gasteiger partial charge in [0.05, 0.1) is 23.2 Å². The van der Waals surface area contributed by atoms with Gasteiger partial charge in [0.15, 0.2) is 0 Å². The number of para-hydroxylation sites is 1. The largest absolute Gasteiger partial charge is 0.494 e. The number of anilines is 2. The molecule has 0 saturated heterocycles. The molecule has 0 aliphatic carbocycles. The lowest BCUT2D eigenvalue weighted by atomic mass is 10.2. The first-order valence-electron chi connectivity index (χ1n) is 9.77. The SMILES string of the molecule is CCOc1ccccc1CN(c1cc2ccccc2s1)c1cc2ccccc2s1. The van der Waals surface area contributed by atoms with Crippen LogP contribution in [0.5, 0.6) is 5.75 Å². The van der Waals surface area contributed by atoms with Gasteiger partial charge < -0.3 is 9.64 Å². The van der Waals surface area contributed by atoms with E-state index in [2.05, 4.69) is 83.8 Å². The zero-order valence-electron chi connectivity index (χ0n) is 16.2. The molecule has 2 heterocycles. The third-order valence-electron chi connectivity index (χ3n) is 4.96. The number of hydrogen-bond donors (Lipinski definition) is 0. The lowest BCUT2D eigenvalue weighted by Crippen LogP contribution is -2.15. The van der Waals surface area contributed by atoms with Crippen LogP contribution < -0.4 is 9.64 Å². The second-order valence-electron chi connectivity index (χ2n) is 6.87. The minimum absolute atomic E-state index is 0.669. The summed E-state index contributed by atoms with van der Waals surface area (Å²) in [6.45, 7) is 3.48. The fourth-order valence-corrected chi connectivity index (χ4v) is 5.78. The molecule has 0 fully saturated rings. The van der Waals surface area contributed by atoms with Gasteiger partial charge >= 0.3 is 0 Å². The average molecular weight is 416 g/mol. The van der Waals surface area contributed by atoms with Crippen LogP contribution in [0.3, 0.4) is 0 Å². The van der Waals surface area contributed by atoms with Gasteiger partial charge in [-0.1, -0.05) is 54.6 Å². The molecular formula is C25H21NOS2. The van der Waals surface area contributed by atoms with Crippen molar-refractivity contribution in [1.82, 2.24) is 0 Å². The van der Waals surface area contributed by atoms with Crippen LogP contribution >= 0.6 is 22.7 Å². The molecule has 3 aromatic carbocycles. The molecule has 0 radical (unpaired) electrons. The maximum absolute atomic E-state index is 5.91. The molecule has 0 aliphatic rings. The van der Waals surface area contributed by atoms with Crippen molar-refractivity contribution in [1.29, 1.82) is 0 Å². The minimum Gasteiger partial charge on any atom is -0.494 e. The topological polar surface area (TPSA) is 12.5 Å². The molecule has 5 aromatic rings. The van der Waals surface area contributed by atoms with Crippen LogP contribution in [0.4, 0.5) is 10.0 Å². The Balaban J connectivity index is 1.62. The fourth-order valence-electron chi connectivity index (χ4n) is 3.57. The van der Waals surface area contributed by atoms with Crippen molar-refractivity contribution in [2.24, 2.45) is 0 Å². The Hall–Kier alpha value is -2.82. The third-order valence-corrected chi connectivity index (χ3v) is 7.24.